The molecule has 0 unspecified atom stereocenters. The van der Waals surface area contributed by atoms with Crippen molar-refractivity contribution in [3.63, 3.8) is 0 Å². The molecule has 1 amide bonds. The molecule has 0 saturated carbocycles. The Kier molecular flexibility index (Phi) is 7.57. The lowest BCUT2D eigenvalue weighted by Crippen LogP contribution is -2.44. The standard InChI is InChI=1S/C29H32FN5O8S/c1-3-29(39)18-8-22-26-16(10-35(22)27(37)17(18)11-43-28(29)38)25-20(33-23(36)12-42-13-32-44(40,41)7-6-31)5-4-15-14(2)19(30)9-21(34-26)24(15)25/h8-9,20,32,39H,3-7,10-13,31H2,1-2H3,(H,33,36)/t20-,29-/m0/s1. The van der Waals surface area contributed by atoms with Gasteiger partial charge in [0.15, 0.2) is 5.60 Å². The van der Waals surface area contributed by atoms with Gasteiger partial charge in [0, 0.05) is 29.1 Å². The van der Waals surface area contributed by atoms with Gasteiger partial charge in [-0.1, -0.05) is 6.92 Å². The van der Waals surface area contributed by atoms with Gasteiger partial charge in [0.05, 0.1) is 40.8 Å². The van der Waals surface area contributed by atoms with Gasteiger partial charge in [-0.15, -0.1) is 0 Å². The molecule has 1 aliphatic carbocycles. The van der Waals surface area contributed by atoms with Gasteiger partial charge >= 0.3 is 5.97 Å². The number of hydrogen-bond acceptors (Lipinski definition) is 10. The number of aryl methyl sites for hydroxylation is 1. The first kappa shape index (κ1) is 30.3. The van der Waals surface area contributed by atoms with Crippen LogP contribution in [0.5, 0.6) is 0 Å². The molecular formula is C29H32FN5O8S. The summed E-state index contributed by atoms with van der Waals surface area (Å²) in [5.74, 6) is -2.04. The molecule has 15 heteroatoms. The number of sulfonamides is 1. The average Bonchev–Trinajstić information content (AvgIpc) is 3.35. The van der Waals surface area contributed by atoms with Gasteiger partial charge < -0.3 is 30.2 Å². The molecule has 0 bridgehead atoms. The van der Waals surface area contributed by atoms with Crippen molar-refractivity contribution in [3.05, 3.63) is 61.7 Å². The fourth-order valence-corrected chi connectivity index (χ4v) is 7.16. The van der Waals surface area contributed by atoms with E-state index in [1.807, 2.05) is 0 Å². The maximum absolute atomic E-state index is 15.1. The third-order valence-electron chi connectivity index (χ3n) is 8.71. The van der Waals surface area contributed by atoms with Gasteiger partial charge in [0.25, 0.3) is 5.56 Å². The lowest BCUT2D eigenvalue weighted by molar-refractivity contribution is -0.172. The Morgan fingerprint density at radius 3 is 2.80 bits per heavy atom. The molecule has 0 spiro atoms. The van der Waals surface area contributed by atoms with Crippen molar-refractivity contribution in [1.82, 2.24) is 19.6 Å². The van der Waals surface area contributed by atoms with Crippen LogP contribution in [0.4, 0.5) is 4.39 Å². The maximum Gasteiger partial charge on any atom is 0.343 e. The minimum Gasteiger partial charge on any atom is -0.458 e. The normalized spacial score (nSPS) is 20.2. The van der Waals surface area contributed by atoms with E-state index in [2.05, 4.69) is 10.0 Å². The Morgan fingerprint density at radius 2 is 2.07 bits per heavy atom. The van der Waals surface area contributed by atoms with Crippen LogP contribution < -0.4 is 21.3 Å². The number of fused-ring (bicyclic) bond motifs is 5. The van der Waals surface area contributed by atoms with E-state index in [4.69, 9.17) is 20.2 Å². The molecule has 5 N–H and O–H groups in total. The topological polar surface area (TPSA) is 192 Å². The van der Waals surface area contributed by atoms with Gasteiger partial charge in [-0.2, -0.15) is 4.72 Å². The molecule has 2 aliphatic heterocycles. The summed E-state index contributed by atoms with van der Waals surface area (Å²) in [6.07, 6.45) is 0.878. The molecule has 4 heterocycles. The van der Waals surface area contributed by atoms with Crippen LogP contribution in [-0.4, -0.2) is 60.6 Å². The zero-order valence-corrected chi connectivity index (χ0v) is 25.0. The van der Waals surface area contributed by atoms with Crippen LogP contribution in [-0.2, 0) is 54.3 Å². The molecule has 0 fully saturated rings. The fraction of sp³-hybridized carbons (Fsp3) is 0.448. The summed E-state index contributed by atoms with van der Waals surface area (Å²) in [5, 5.41) is 14.8. The predicted molar refractivity (Wildman–Crippen MR) is 155 cm³/mol. The number of carbonyl (C=O) groups is 2. The van der Waals surface area contributed by atoms with Crippen molar-refractivity contribution >= 4 is 32.8 Å². The van der Waals surface area contributed by atoms with E-state index in [-0.39, 0.29) is 43.0 Å². The molecule has 3 aliphatic rings. The highest BCUT2D eigenvalue weighted by atomic mass is 32.2. The van der Waals surface area contributed by atoms with Gasteiger partial charge in [-0.25, -0.2) is 22.6 Å². The number of halogens is 1. The number of nitrogens with two attached hydrogens (primary N) is 1. The quantitative estimate of drug-likeness (QED) is 0.115. The third kappa shape index (κ3) is 4.79. The van der Waals surface area contributed by atoms with Crippen molar-refractivity contribution in [3.8, 4) is 11.4 Å². The first-order valence-corrected chi connectivity index (χ1v) is 15.9. The Labute approximate surface area is 251 Å². The molecule has 13 nitrogen and oxygen atoms in total. The number of cyclic esters (lactones) is 1. The van der Waals surface area contributed by atoms with Crippen LogP contribution in [0, 0.1) is 12.7 Å². The summed E-state index contributed by atoms with van der Waals surface area (Å²) in [6, 6.07) is 2.37. The van der Waals surface area contributed by atoms with Crippen molar-refractivity contribution in [2.24, 2.45) is 5.73 Å². The monoisotopic (exact) mass is 629 g/mol. The summed E-state index contributed by atoms with van der Waals surface area (Å²) >= 11 is 0. The van der Waals surface area contributed by atoms with Gasteiger partial charge in [-0.05, 0) is 48.9 Å². The highest BCUT2D eigenvalue weighted by Gasteiger charge is 2.46. The number of hydrogen-bond donors (Lipinski definition) is 4. The van der Waals surface area contributed by atoms with E-state index in [0.29, 0.717) is 51.8 Å². The first-order valence-electron chi connectivity index (χ1n) is 14.3. The lowest BCUT2D eigenvalue weighted by atomic mass is 9.81. The summed E-state index contributed by atoms with van der Waals surface area (Å²) in [5.41, 5.74) is 6.92. The van der Waals surface area contributed by atoms with E-state index >= 15 is 4.39 Å². The molecular weight excluding hydrogens is 597 g/mol. The van der Waals surface area contributed by atoms with Crippen LogP contribution >= 0.6 is 0 Å². The van der Waals surface area contributed by atoms with E-state index < -0.39 is 58.3 Å². The van der Waals surface area contributed by atoms with Crippen molar-refractivity contribution in [2.45, 2.75) is 57.9 Å². The number of aromatic nitrogens is 2. The number of rotatable bonds is 9. The largest absolute Gasteiger partial charge is 0.458 e. The number of nitrogens with zero attached hydrogens (tertiary/aromatic N) is 2. The van der Waals surface area contributed by atoms with Crippen LogP contribution in [0.2, 0.25) is 0 Å². The minimum absolute atomic E-state index is 0.0104. The molecule has 0 radical (unpaired) electrons. The maximum atomic E-state index is 15.1. The number of esters is 1. The smallest absolute Gasteiger partial charge is 0.343 e. The highest BCUT2D eigenvalue weighted by molar-refractivity contribution is 7.89. The SMILES string of the molecule is CC[C@@]1(O)C(=O)OCc2c1cc1n(c2=O)Cc2c-1nc1cc(F)c(C)c3c1c2[C@@H](NC(=O)COCNS(=O)(=O)CCN)CC3. The molecule has 0 saturated heterocycles. The van der Waals surface area contributed by atoms with Crippen molar-refractivity contribution in [1.29, 1.82) is 0 Å². The molecule has 6 rings (SSSR count). The van der Waals surface area contributed by atoms with Crippen molar-refractivity contribution in [2.75, 3.05) is 25.6 Å². The number of nitrogens with one attached hydrogen (secondary N) is 2. The summed E-state index contributed by atoms with van der Waals surface area (Å²) in [6.45, 7) is 2.24. The number of amides is 1. The second kappa shape index (κ2) is 11.0. The second-order valence-corrected chi connectivity index (χ2v) is 13.1. The number of benzene rings is 1. The van der Waals surface area contributed by atoms with Crippen LogP contribution in [0.25, 0.3) is 22.3 Å². The highest BCUT2D eigenvalue weighted by Crippen LogP contribution is 2.45. The first-order chi connectivity index (χ1) is 20.9. The Bertz CT molecular complexity index is 1910. The zero-order valence-electron chi connectivity index (χ0n) is 24.2. The number of aliphatic hydroxyl groups is 1. The Hall–Kier alpha value is -3.76. The minimum atomic E-state index is -3.62. The van der Waals surface area contributed by atoms with Crippen LogP contribution in [0.1, 0.15) is 59.2 Å². The molecule has 2 aromatic heterocycles. The van der Waals surface area contributed by atoms with Gasteiger partial charge in [0.1, 0.15) is 25.8 Å². The zero-order chi connectivity index (χ0) is 31.6. The Morgan fingerprint density at radius 1 is 1.30 bits per heavy atom. The Balaban J connectivity index is 1.41. The summed E-state index contributed by atoms with van der Waals surface area (Å²) in [7, 11) is -3.62. The summed E-state index contributed by atoms with van der Waals surface area (Å²) in [4.78, 5) is 44.0. The van der Waals surface area contributed by atoms with Gasteiger partial charge in [0.2, 0.25) is 15.9 Å². The predicted octanol–water partition coefficient (Wildman–Crippen LogP) is 0.483. The fourth-order valence-electron chi connectivity index (χ4n) is 6.44. The lowest BCUT2D eigenvalue weighted by Gasteiger charge is -2.31. The van der Waals surface area contributed by atoms with E-state index in [1.165, 1.54) is 10.6 Å². The van der Waals surface area contributed by atoms with Crippen molar-refractivity contribution < 1.29 is 37.0 Å². The number of ether oxygens (including phenoxy) is 2. The molecule has 234 valence electrons. The van der Waals surface area contributed by atoms with E-state index in [1.54, 1.807) is 19.9 Å². The van der Waals surface area contributed by atoms with Gasteiger partial charge in [-0.3, -0.25) is 9.59 Å². The van der Waals surface area contributed by atoms with Crippen LogP contribution in [0.3, 0.4) is 0 Å². The number of pyridine rings is 2. The molecule has 1 aromatic carbocycles. The number of carbonyl (C=O) groups excluding carboxylic acids is 2. The molecule has 44 heavy (non-hydrogen) atoms. The van der Waals surface area contributed by atoms with E-state index in [9.17, 15) is 27.9 Å². The summed E-state index contributed by atoms with van der Waals surface area (Å²) < 4.78 is 52.7. The second-order valence-electron chi connectivity index (χ2n) is 11.2. The van der Waals surface area contributed by atoms with E-state index in [0.717, 1.165) is 5.56 Å². The average molecular weight is 630 g/mol. The molecule has 2 atom stereocenters. The van der Waals surface area contributed by atoms with Crippen LogP contribution in [0.15, 0.2) is 16.9 Å². The third-order valence-corrected chi connectivity index (χ3v) is 10.0. The molecule has 3 aromatic rings.